The van der Waals surface area contributed by atoms with E-state index in [1.165, 1.54) is 9.87 Å². The second-order valence-corrected chi connectivity index (χ2v) is 10.9. The molecular weight excluding hydrogens is 443 g/mol. The van der Waals surface area contributed by atoms with E-state index in [4.69, 9.17) is 23.2 Å². The summed E-state index contributed by atoms with van der Waals surface area (Å²) in [5.41, 5.74) is 2.71. The highest BCUT2D eigenvalue weighted by molar-refractivity contribution is 7.88. The number of hydrogen-bond donors (Lipinski definition) is 0. The fourth-order valence-electron chi connectivity index (χ4n) is 4.41. The molecule has 0 aliphatic carbocycles. The zero-order valence-electron chi connectivity index (χ0n) is 16.7. The van der Waals surface area contributed by atoms with Gasteiger partial charge in [0.25, 0.3) is 0 Å². The minimum Gasteiger partial charge on any atom is -0.309 e. The number of rotatable bonds is 4. The first kappa shape index (κ1) is 21.6. The molecule has 2 heterocycles. The molecule has 2 aromatic carbocycles. The third-order valence-electron chi connectivity index (χ3n) is 5.99. The van der Waals surface area contributed by atoms with Gasteiger partial charge in [0.1, 0.15) is 0 Å². The number of para-hydroxylation sites is 1. The Balaban J connectivity index is 1.41. The van der Waals surface area contributed by atoms with Gasteiger partial charge in [-0.2, -0.15) is 0 Å². The highest BCUT2D eigenvalue weighted by Gasteiger charge is 2.37. The molecule has 30 heavy (non-hydrogen) atoms. The van der Waals surface area contributed by atoms with Crippen LogP contribution in [0.3, 0.4) is 0 Å². The summed E-state index contributed by atoms with van der Waals surface area (Å²) in [5, 5.41) is 0.816. The number of fused-ring (bicyclic) bond motifs is 1. The van der Waals surface area contributed by atoms with E-state index >= 15 is 0 Å². The van der Waals surface area contributed by atoms with Gasteiger partial charge in [-0.15, -0.1) is 0 Å². The Morgan fingerprint density at radius 3 is 2.50 bits per heavy atom. The fraction of sp³-hybridized carbons (Fsp3) is 0.409. The number of carbonyl (C=O) groups excluding carboxylic acids is 1. The van der Waals surface area contributed by atoms with E-state index in [0.29, 0.717) is 41.5 Å². The summed E-state index contributed by atoms with van der Waals surface area (Å²) in [6, 6.07) is 13.0. The van der Waals surface area contributed by atoms with Gasteiger partial charge in [-0.1, -0.05) is 47.5 Å². The molecule has 0 radical (unpaired) electrons. The van der Waals surface area contributed by atoms with Gasteiger partial charge >= 0.3 is 0 Å². The molecule has 0 bridgehead atoms. The van der Waals surface area contributed by atoms with Gasteiger partial charge in [-0.25, -0.2) is 12.7 Å². The molecule has 1 saturated heterocycles. The lowest BCUT2D eigenvalue weighted by Crippen LogP contribution is -2.46. The number of carbonyl (C=O) groups is 1. The Kier molecular flexibility index (Phi) is 6.13. The third-order valence-corrected chi connectivity index (χ3v) is 8.41. The van der Waals surface area contributed by atoms with E-state index in [-0.39, 0.29) is 23.6 Å². The second-order valence-electron chi connectivity index (χ2n) is 8.06. The van der Waals surface area contributed by atoms with E-state index in [9.17, 15) is 13.2 Å². The zero-order chi connectivity index (χ0) is 21.5. The number of nitrogens with zero attached hydrogens (tertiary/aromatic N) is 2. The van der Waals surface area contributed by atoms with E-state index in [0.717, 1.165) is 12.1 Å². The Morgan fingerprint density at radius 2 is 1.80 bits per heavy atom. The molecule has 0 N–H and O–H groups in total. The van der Waals surface area contributed by atoms with Crippen LogP contribution in [-0.2, 0) is 27.0 Å². The van der Waals surface area contributed by atoms with Gasteiger partial charge < -0.3 is 4.90 Å². The number of piperidine rings is 1. The predicted octanol–water partition coefficient (Wildman–Crippen LogP) is 4.51. The molecular formula is C22H24Cl2N2O3S. The van der Waals surface area contributed by atoms with Gasteiger partial charge in [0.15, 0.2) is 0 Å². The molecule has 1 fully saturated rings. The summed E-state index contributed by atoms with van der Waals surface area (Å²) >= 11 is 12.0. The van der Waals surface area contributed by atoms with Crippen molar-refractivity contribution in [3.8, 4) is 0 Å². The van der Waals surface area contributed by atoms with Crippen molar-refractivity contribution in [2.24, 2.45) is 5.92 Å². The molecule has 2 aromatic rings. The van der Waals surface area contributed by atoms with Crippen LogP contribution in [0.25, 0.3) is 0 Å². The molecule has 0 saturated carbocycles. The van der Waals surface area contributed by atoms with Gasteiger partial charge in [-0.3, -0.25) is 4.79 Å². The van der Waals surface area contributed by atoms with Crippen molar-refractivity contribution in [2.45, 2.75) is 38.0 Å². The number of sulfonamides is 1. The quantitative estimate of drug-likeness (QED) is 0.665. The Morgan fingerprint density at radius 1 is 1.10 bits per heavy atom. The smallest absolute Gasteiger partial charge is 0.230 e. The summed E-state index contributed by atoms with van der Waals surface area (Å²) in [6.45, 7) is 2.75. The Labute approximate surface area is 187 Å². The minimum atomic E-state index is -3.52. The SMILES string of the molecule is C[C@@H]1Cc2ccccc2N1C(=O)C1CCN(S(=O)(=O)Cc2ccc(Cl)cc2Cl)CC1. The van der Waals surface area contributed by atoms with Crippen LogP contribution in [0.2, 0.25) is 10.0 Å². The first-order valence-corrected chi connectivity index (χ1v) is 12.5. The average molecular weight is 467 g/mol. The maximum Gasteiger partial charge on any atom is 0.230 e. The van der Waals surface area contributed by atoms with Crippen LogP contribution in [-0.4, -0.2) is 37.8 Å². The van der Waals surface area contributed by atoms with E-state index in [2.05, 4.69) is 13.0 Å². The zero-order valence-corrected chi connectivity index (χ0v) is 19.1. The van der Waals surface area contributed by atoms with Gasteiger partial charge in [0.05, 0.1) is 5.75 Å². The molecule has 0 spiro atoms. The first-order valence-electron chi connectivity index (χ1n) is 10.1. The number of amides is 1. The molecule has 4 rings (SSSR count). The molecule has 2 aliphatic rings. The molecule has 1 atom stereocenters. The number of benzene rings is 2. The van der Waals surface area contributed by atoms with Crippen LogP contribution < -0.4 is 4.90 Å². The van der Waals surface area contributed by atoms with Crippen LogP contribution in [0.1, 0.15) is 30.9 Å². The van der Waals surface area contributed by atoms with Crippen molar-refractivity contribution < 1.29 is 13.2 Å². The highest BCUT2D eigenvalue weighted by atomic mass is 35.5. The largest absolute Gasteiger partial charge is 0.309 e. The maximum atomic E-state index is 13.2. The van der Waals surface area contributed by atoms with Gasteiger partial charge in [0, 0.05) is 40.8 Å². The van der Waals surface area contributed by atoms with Crippen molar-refractivity contribution >= 4 is 44.8 Å². The van der Waals surface area contributed by atoms with Crippen molar-refractivity contribution in [3.05, 3.63) is 63.6 Å². The standard InChI is InChI=1S/C22H24Cl2N2O3S/c1-15-12-17-4-2-3-5-21(17)26(15)22(27)16-8-10-25(11-9-16)30(28,29)14-18-6-7-19(23)13-20(18)24/h2-7,13,15-16H,8-12,14H2,1H3/t15-/m1/s1. The molecule has 8 heteroatoms. The number of hydrogen-bond acceptors (Lipinski definition) is 3. The lowest BCUT2D eigenvalue weighted by molar-refractivity contribution is -0.123. The second kappa shape index (κ2) is 8.50. The number of anilines is 1. The van der Waals surface area contributed by atoms with Crippen LogP contribution >= 0.6 is 23.2 Å². The normalized spacial score (nSPS) is 20.4. The molecule has 0 unspecified atom stereocenters. The lowest BCUT2D eigenvalue weighted by Gasteiger charge is -2.34. The number of halogens is 2. The monoisotopic (exact) mass is 466 g/mol. The molecule has 0 aromatic heterocycles. The first-order chi connectivity index (χ1) is 14.3. The van der Waals surface area contributed by atoms with Crippen molar-refractivity contribution in [1.82, 2.24) is 4.31 Å². The van der Waals surface area contributed by atoms with Crippen molar-refractivity contribution in [3.63, 3.8) is 0 Å². The fourth-order valence-corrected chi connectivity index (χ4v) is 6.55. The van der Waals surface area contributed by atoms with Gasteiger partial charge in [-0.05, 0) is 55.5 Å². The Bertz CT molecular complexity index is 1070. The summed E-state index contributed by atoms with van der Waals surface area (Å²) < 4.78 is 27.2. The lowest BCUT2D eigenvalue weighted by atomic mass is 9.96. The topological polar surface area (TPSA) is 57.7 Å². The summed E-state index contributed by atoms with van der Waals surface area (Å²) in [5.74, 6) is -0.229. The molecule has 1 amide bonds. The summed E-state index contributed by atoms with van der Waals surface area (Å²) in [6.07, 6.45) is 1.91. The molecule has 2 aliphatic heterocycles. The van der Waals surface area contributed by atoms with Crippen LogP contribution in [0.4, 0.5) is 5.69 Å². The Hall–Kier alpha value is -1.60. The molecule has 160 valence electrons. The summed E-state index contributed by atoms with van der Waals surface area (Å²) in [7, 11) is -3.52. The van der Waals surface area contributed by atoms with Crippen LogP contribution in [0.15, 0.2) is 42.5 Å². The van der Waals surface area contributed by atoms with Gasteiger partial charge in [0.2, 0.25) is 15.9 Å². The van der Waals surface area contributed by atoms with E-state index < -0.39 is 10.0 Å². The van der Waals surface area contributed by atoms with Crippen LogP contribution in [0, 0.1) is 5.92 Å². The molecule has 5 nitrogen and oxygen atoms in total. The predicted molar refractivity (Wildman–Crippen MR) is 120 cm³/mol. The van der Waals surface area contributed by atoms with E-state index in [1.807, 2.05) is 23.1 Å². The van der Waals surface area contributed by atoms with Crippen molar-refractivity contribution in [2.75, 3.05) is 18.0 Å². The van der Waals surface area contributed by atoms with Crippen LogP contribution in [0.5, 0.6) is 0 Å². The third kappa shape index (κ3) is 4.24. The minimum absolute atomic E-state index is 0.102. The maximum absolute atomic E-state index is 13.2. The van der Waals surface area contributed by atoms with E-state index in [1.54, 1.807) is 18.2 Å². The van der Waals surface area contributed by atoms with Crippen molar-refractivity contribution in [1.29, 1.82) is 0 Å². The average Bonchev–Trinajstić information content (AvgIpc) is 3.05. The highest BCUT2D eigenvalue weighted by Crippen LogP contribution is 2.35. The summed E-state index contributed by atoms with van der Waals surface area (Å²) in [4.78, 5) is 15.1.